The van der Waals surface area contributed by atoms with Crippen molar-refractivity contribution in [2.45, 2.75) is 59.5 Å². The molecule has 2 atom stereocenters. The molecule has 0 bridgehead atoms. The van der Waals surface area contributed by atoms with E-state index < -0.39 is 37.2 Å². The van der Waals surface area contributed by atoms with Gasteiger partial charge in [0.1, 0.15) is 0 Å². The zero-order valence-electron chi connectivity index (χ0n) is 16.9. The SMILES string of the molecule is C=C(C)C(=O)OP(=O)(C=C(C)C(=O)O)OC(=O)C(=C)C(CC)OCCCCC. The van der Waals surface area contributed by atoms with Crippen LogP contribution in [0, 0.1) is 0 Å². The molecular formula is C19H29O8P. The van der Waals surface area contributed by atoms with Gasteiger partial charge in [0.15, 0.2) is 0 Å². The van der Waals surface area contributed by atoms with Crippen LogP contribution in [-0.2, 0) is 32.7 Å². The quantitative estimate of drug-likeness (QED) is 0.267. The highest BCUT2D eigenvalue weighted by Crippen LogP contribution is 2.52. The number of aliphatic carboxylic acids is 1. The summed E-state index contributed by atoms with van der Waals surface area (Å²) >= 11 is 0. The second-order valence-electron chi connectivity index (χ2n) is 6.19. The first-order valence-corrected chi connectivity index (χ1v) is 10.5. The first-order chi connectivity index (χ1) is 13.0. The van der Waals surface area contributed by atoms with Gasteiger partial charge in [0.05, 0.1) is 17.5 Å². The van der Waals surface area contributed by atoms with Crippen LogP contribution in [0.2, 0.25) is 0 Å². The zero-order valence-corrected chi connectivity index (χ0v) is 17.8. The number of carbonyl (C=O) groups is 3. The predicted octanol–water partition coefficient (Wildman–Crippen LogP) is 4.37. The van der Waals surface area contributed by atoms with Gasteiger partial charge in [0, 0.05) is 17.8 Å². The van der Waals surface area contributed by atoms with Gasteiger partial charge in [0.2, 0.25) is 0 Å². The van der Waals surface area contributed by atoms with Crippen LogP contribution in [-0.4, -0.2) is 35.7 Å². The molecule has 0 aliphatic heterocycles. The fourth-order valence-electron chi connectivity index (χ4n) is 1.91. The molecule has 0 fully saturated rings. The minimum Gasteiger partial charge on any atom is -0.478 e. The Labute approximate surface area is 165 Å². The Morgan fingerprint density at radius 3 is 2.11 bits per heavy atom. The van der Waals surface area contributed by atoms with Gasteiger partial charge in [-0.2, -0.15) is 0 Å². The van der Waals surface area contributed by atoms with Gasteiger partial charge in [-0.15, -0.1) is 0 Å². The molecule has 158 valence electrons. The molecule has 0 aromatic heterocycles. The van der Waals surface area contributed by atoms with E-state index in [-0.39, 0.29) is 11.1 Å². The van der Waals surface area contributed by atoms with Crippen molar-refractivity contribution in [1.82, 2.24) is 0 Å². The van der Waals surface area contributed by atoms with Crippen molar-refractivity contribution in [2.75, 3.05) is 6.61 Å². The van der Waals surface area contributed by atoms with Crippen molar-refractivity contribution in [1.29, 1.82) is 0 Å². The number of unbranched alkanes of at least 4 members (excludes halogenated alkanes) is 2. The van der Waals surface area contributed by atoms with E-state index in [9.17, 15) is 18.9 Å². The lowest BCUT2D eigenvalue weighted by Crippen LogP contribution is -2.22. The summed E-state index contributed by atoms with van der Waals surface area (Å²) in [4.78, 5) is 35.1. The van der Waals surface area contributed by atoms with Gasteiger partial charge in [-0.3, -0.25) is 0 Å². The van der Waals surface area contributed by atoms with Crippen LogP contribution in [0.25, 0.3) is 0 Å². The molecule has 28 heavy (non-hydrogen) atoms. The highest BCUT2D eigenvalue weighted by molar-refractivity contribution is 7.58. The number of ether oxygens (including phenoxy) is 1. The number of rotatable bonds is 13. The molecule has 0 radical (unpaired) electrons. The number of hydrogen-bond acceptors (Lipinski definition) is 7. The van der Waals surface area contributed by atoms with E-state index in [0.29, 0.717) is 18.8 Å². The molecule has 8 nitrogen and oxygen atoms in total. The fourth-order valence-corrected chi connectivity index (χ4v) is 3.37. The molecule has 0 aromatic carbocycles. The number of carboxylic acids is 1. The van der Waals surface area contributed by atoms with E-state index in [4.69, 9.17) is 18.9 Å². The van der Waals surface area contributed by atoms with Crippen molar-refractivity contribution < 1.29 is 37.8 Å². The number of carbonyl (C=O) groups excluding carboxylic acids is 2. The summed E-state index contributed by atoms with van der Waals surface area (Å²) in [5.74, 6) is -2.99. The lowest BCUT2D eigenvalue weighted by Gasteiger charge is -2.20. The smallest absolute Gasteiger partial charge is 0.460 e. The van der Waals surface area contributed by atoms with E-state index in [2.05, 4.69) is 13.2 Å². The van der Waals surface area contributed by atoms with Crippen molar-refractivity contribution in [3.05, 3.63) is 35.7 Å². The molecule has 0 rings (SSSR count). The fraction of sp³-hybridized carbons (Fsp3) is 0.526. The van der Waals surface area contributed by atoms with Crippen molar-refractivity contribution in [2.24, 2.45) is 0 Å². The average molecular weight is 416 g/mol. The molecule has 0 amide bonds. The van der Waals surface area contributed by atoms with Crippen molar-refractivity contribution >= 4 is 25.5 Å². The minimum absolute atomic E-state index is 0.0952. The first-order valence-electron chi connectivity index (χ1n) is 8.93. The average Bonchev–Trinajstić information content (AvgIpc) is 2.60. The highest BCUT2D eigenvalue weighted by atomic mass is 31.2. The maximum absolute atomic E-state index is 12.8. The summed E-state index contributed by atoms with van der Waals surface area (Å²) in [6, 6.07) is 0. The molecule has 0 aliphatic carbocycles. The first kappa shape index (κ1) is 25.8. The molecule has 0 heterocycles. The maximum Gasteiger partial charge on any atom is 0.460 e. The molecule has 0 aliphatic rings. The highest BCUT2D eigenvalue weighted by Gasteiger charge is 2.34. The Kier molecular flexibility index (Phi) is 11.4. The molecule has 0 aromatic rings. The van der Waals surface area contributed by atoms with E-state index >= 15 is 0 Å². The maximum atomic E-state index is 12.8. The van der Waals surface area contributed by atoms with Crippen LogP contribution in [0.5, 0.6) is 0 Å². The largest absolute Gasteiger partial charge is 0.478 e. The van der Waals surface area contributed by atoms with Gasteiger partial charge >= 0.3 is 25.5 Å². The van der Waals surface area contributed by atoms with Crippen LogP contribution in [0.4, 0.5) is 0 Å². The summed E-state index contributed by atoms with van der Waals surface area (Å²) in [6.07, 6.45) is 2.54. The molecule has 0 saturated heterocycles. The van der Waals surface area contributed by atoms with Gasteiger partial charge in [-0.25, -0.2) is 18.9 Å². The zero-order chi connectivity index (χ0) is 21.9. The van der Waals surface area contributed by atoms with Gasteiger partial charge in [0.25, 0.3) is 0 Å². The Morgan fingerprint density at radius 2 is 1.64 bits per heavy atom. The Bertz CT molecular complexity index is 692. The molecule has 1 N–H and O–H groups in total. The van der Waals surface area contributed by atoms with Crippen LogP contribution < -0.4 is 0 Å². The second-order valence-corrected chi connectivity index (χ2v) is 7.90. The second kappa shape index (κ2) is 12.3. The molecule has 2 unspecified atom stereocenters. The number of hydrogen-bond donors (Lipinski definition) is 1. The predicted molar refractivity (Wildman–Crippen MR) is 105 cm³/mol. The number of carboxylic acid groups (broad SMARTS) is 1. The Balaban J connectivity index is 5.41. The third kappa shape index (κ3) is 9.15. The van der Waals surface area contributed by atoms with Crippen LogP contribution in [0.1, 0.15) is 53.4 Å². The van der Waals surface area contributed by atoms with Crippen LogP contribution in [0.3, 0.4) is 0 Å². The third-order valence-electron chi connectivity index (χ3n) is 3.55. The van der Waals surface area contributed by atoms with Crippen molar-refractivity contribution in [3.8, 4) is 0 Å². The van der Waals surface area contributed by atoms with E-state index in [0.717, 1.165) is 26.2 Å². The molecule has 0 saturated carbocycles. The van der Waals surface area contributed by atoms with Crippen molar-refractivity contribution in [3.63, 3.8) is 0 Å². The minimum atomic E-state index is -4.56. The lowest BCUT2D eigenvalue weighted by atomic mass is 10.1. The monoisotopic (exact) mass is 416 g/mol. The van der Waals surface area contributed by atoms with E-state index in [1.165, 1.54) is 6.92 Å². The molecule has 9 heteroatoms. The summed E-state index contributed by atoms with van der Waals surface area (Å²) in [7, 11) is -4.56. The lowest BCUT2D eigenvalue weighted by molar-refractivity contribution is -0.135. The van der Waals surface area contributed by atoms with Crippen LogP contribution >= 0.6 is 7.60 Å². The molecular weight excluding hydrogens is 387 g/mol. The summed E-state index contributed by atoms with van der Waals surface area (Å²) in [5, 5.41) is 8.97. The van der Waals surface area contributed by atoms with Gasteiger partial charge in [-0.1, -0.05) is 39.8 Å². The Morgan fingerprint density at radius 1 is 1.07 bits per heavy atom. The van der Waals surface area contributed by atoms with E-state index in [1.807, 2.05) is 6.92 Å². The normalized spacial score (nSPS) is 14.5. The summed E-state index contributed by atoms with van der Waals surface area (Å²) < 4.78 is 28.0. The van der Waals surface area contributed by atoms with E-state index in [1.54, 1.807) is 6.92 Å². The molecule has 0 spiro atoms. The standard InChI is InChI=1S/C19H29O8P/c1-7-9-10-11-25-16(8-2)15(6)19(23)27-28(24,12-14(5)17(20)21)26-18(22)13(3)4/h12,16H,3,6-11H2,1-2,4-5H3,(H,20,21). The Hall–Kier alpha value is -2.18. The third-order valence-corrected chi connectivity index (χ3v) is 5.09. The summed E-state index contributed by atoms with van der Waals surface area (Å²) in [5.41, 5.74) is -0.617. The van der Waals surface area contributed by atoms with Gasteiger partial charge in [-0.05, 0) is 26.7 Å². The van der Waals surface area contributed by atoms with Crippen LogP contribution in [0.15, 0.2) is 35.7 Å². The van der Waals surface area contributed by atoms with Gasteiger partial charge < -0.3 is 18.9 Å². The topological polar surface area (TPSA) is 116 Å². The summed E-state index contributed by atoms with van der Waals surface area (Å²) in [6.45, 7) is 13.6.